The molecule has 1 N–H and O–H groups in total. The number of hydrogen-bond donors (Lipinski definition) is 1. The summed E-state index contributed by atoms with van der Waals surface area (Å²) in [5.74, 6) is 0.0844. The van der Waals surface area contributed by atoms with Gasteiger partial charge < -0.3 is 19.3 Å². The van der Waals surface area contributed by atoms with E-state index >= 15 is 0 Å². The highest BCUT2D eigenvalue weighted by Crippen LogP contribution is 2.20. The summed E-state index contributed by atoms with van der Waals surface area (Å²) >= 11 is 0. The number of carbonyl (C=O) groups excluding carboxylic acids is 1. The lowest BCUT2D eigenvalue weighted by Crippen LogP contribution is -2.30. The van der Waals surface area contributed by atoms with Crippen molar-refractivity contribution < 1.29 is 23.2 Å². The molecule has 1 aromatic heterocycles. The SMILES string of the molecule is O=C(NC[C@@H]1CCOC1)c1noc(COCc2ccc3ccccc3c2)c1CF. The number of carbonyl (C=O) groups is 1. The molecule has 1 aliphatic rings. The number of ether oxygens (including phenoxy) is 2. The van der Waals surface area contributed by atoms with E-state index in [1.54, 1.807) is 0 Å². The number of aromatic nitrogens is 1. The Balaban J connectivity index is 1.35. The van der Waals surface area contributed by atoms with E-state index in [0.717, 1.165) is 22.8 Å². The van der Waals surface area contributed by atoms with Crippen LogP contribution < -0.4 is 5.32 Å². The minimum absolute atomic E-state index is 0.0179. The molecular weight excluding hydrogens is 375 g/mol. The van der Waals surface area contributed by atoms with Crippen molar-refractivity contribution in [3.63, 3.8) is 0 Å². The smallest absolute Gasteiger partial charge is 0.273 e. The first-order valence-electron chi connectivity index (χ1n) is 9.69. The number of amides is 1. The normalized spacial score (nSPS) is 16.4. The van der Waals surface area contributed by atoms with Crippen LogP contribution in [0.4, 0.5) is 4.39 Å². The van der Waals surface area contributed by atoms with Gasteiger partial charge in [0, 0.05) is 19.1 Å². The number of hydrogen-bond acceptors (Lipinski definition) is 5. The van der Waals surface area contributed by atoms with Crippen LogP contribution in [-0.4, -0.2) is 30.8 Å². The van der Waals surface area contributed by atoms with Crippen molar-refractivity contribution in [3.05, 3.63) is 65.0 Å². The summed E-state index contributed by atoms with van der Waals surface area (Å²) < 4.78 is 29.7. The van der Waals surface area contributed by atoms with E-state index in [-0.39, 0.29) is 29.5 Å². The summed E-state index contributed by atoms with van der Waals surface area (Å²) in [4.78, 5) is 12.3. The van der Waals surface area contributed by atoms with E-state index in [9.17, 15) is 9.18 Å². The maximum atomic E-state index is 13.6. The number of fused-ring (bicyclic) bond motifs is 1. The average Bonchev–Trinajstić information content (AvgIpc) is 3.41. The van der Waals surface area contributed by atoms with Crippen LogP contribution in [0.5, 0.6) is 0 Å². The zero-order chi connectivity index (χ0) is 20.1. The molecule has 3 aromatic rings. The lowest BCUT2D eigenvalue weighted by Gasteiger charge is -2.08. The summed E-state index contributed by atoms with van der Waals surface area (Å²) in [5.41, 5.74) is 1.13. The van der Waals surface area contributed by atoms with Crippen molar-refractivity contribution >= 4 is 16.7 Å². The maximum absolute atomic E-state index is 13.6. The quantitative estimate of drug-likeness (QED) is 0.625. The van der Waals surface area contributed by atoms with E-state index in [1.807, 2.05) is 36.4 Å². The topological polar surface area (TPSA) is 73.6 Å². The monoisotopic (exact) mass is 398 g/mol. The Hall–Kier alpha value is -2.77. The minimum atomic E-state index is -0.840. The van der Waals surface area contributed by atoms with Gasteiger partial charge in [-0.15, -0.1) is 0 Å². The van der Waals surface area contributed by atoms with Crippen LogP contribution >= 0.6 is 0 Å². The predicted molar refractivity (Wildman–Crippen MR) is 105 cm³/mol. The fourth-order valence-electron chi connectivity index (χ4n) is 3.43. The van der Waals surface area contributed by atoms with Crippen LogP contribution in [0, 0.1) is 5.92 Å². The summed E-state index contributed by atoms with van der Waals surface area (Å²) in [5, 5.41) is 8.83. The Labute approximate surface area is 168 Å². The molecule has 7 heteroatoms. The maximum Gasteiger partial charge on any atom is 0.273 e. The molecule has 0 saturated carbocycles. The molecule has 2 heterocycles. The summed E-state index contributed by atoms with van der Waals surface area (Å²) in [6, 6.07) is 14.2. The lowest BCUT2D eigenvalue weighted by molar-refractivity contribution is 0.0869. The van der Waals surface area contributed by atoms with Gasteiger partial charge in [0.15, 0.2) is 11.5 Å². The third-order valence-electron chi connectivity index (χ3n) is 5.11. The summed E-state index contributed by atoms with van der Waals surface area (Å²) in [6.07, 6.45) is 0.906. The molecule has 0 unspecified atom stereocenters. The van der Waals surface area contributed by atoms with Gasteiger partial charge in [-0.1, -0.05) is 41.6 Å². The highest BCUT2D eigenvalue weighted by Gasteiger charge is 2.23. The molecule has 0 radical (unpaired) electrons. The first-order valence-corrected chi connectivity index (χ1v) is 9.69. The van der Waals surface area contributed by atoms with Gasteiger partial charge >= 0.3 is 0 Å². The van der Waals surface area contributed by atoms with Crippen molar-refractivity contribution in [2.24, 2.45) is 5.92 Å². The first-order chi connectivity index (χ1) is 14.2. The van der Waals surface area contributed by atoms with Gasteiger partial charge in [0.1, 0.15) is 13.3 Å². The predicted octanol–water partition coefficient (Wildman–Crippen LogP) is 3.78. The summed E-state index contributed by atoms with van der Waals surface area (Å²) in [6.45, 7) is 1.36. The summed E-state index contributed by atoms with van der Waals surface area (Å²) in [7, 11) is 0. The second-order valence-electron chi connectivity index (χ2n) is 7.18. The van der Waals surface area contributed by atoms with Crippen LogP contribution in [0.15, 0.2) is 47.0 Å². The molecule has 1 fully saturated rings. The van der Waals surface area contributed by atoms with E-state index in [4.69, 9.17) is 14.0 Å². The number of nitrogens with one attached hydrogen (secondary N) is 1. The molecule has 4 rings (SSSR count). The van der Waals surface area contributed by atoms with Gasteiger partial charge in [0.05, 0.1) is 18.8 Å². The fourth-order valence-corrected chi connectivity index (χ4v) is 3.43. The van der Waals surface area contributed by atoms with Crippen LogP contribution in [0.2, 0.25) is 0 Å². The molecule has 1 aliphatic heterocycles. The Morgan fingerprint density at radius 1 is 1.21 bits per heavy atom. The Morgan fingerprint density at radius 2 is 2.07 bits per heavy atom. The van der Waals surface area contributed by atoms with Gasteiger partial charge in [0.2, 0.25) is 0 Å². The Bertz CT molecular complexity index is 982. The molecule has 1 saturated heterocycles. The van der Waals surface area contributed by atoms with Gasteiger partial charge in [-0.05, 0) is 28.8 Å². The van der Waals surface area contributed by atoms with Crippen molar-refractivity contribution in [2.75, 3.05) is 19.8 Å². The van der Waals surface area contributed by atoms with Crippen molar-refractivity contribution in [1.29, 1.82) is 0 Å². The number of nitrogens with zero attached hydrogens (tertiary/aromatic N) is 1. The van der Waals surface area contributed by atoms with Crippen LogP contribution in [0.3, 0.4) is 0 Å². The standard InChI is InChI=1S/C22H23FN2O4/c23-10-19-20(29-25-21(19)22(26)24-11-16-7-8-27-13-16)14-28-12-15-5-6-17-3-1-2-4-18(17)9-15/h1-6,9,16H,7-8,10-14H2,(H,24,26)/t16-/m0/s1. The molecule has 1 amide bonds. The van der Waals surface area contributed by atoms with Gasteiger partial charge in [0.25, 0.3) is 5.91 Å². The fraction of sp³-hybridized carbons (Fsp3) is 0.364. The number of alkyl halides is 1. The van der Waals surface area contributed by atoms with Gasteiger partial charge in [-0.3, -0.25) is 4.79 Å². The molecule has 1 atom stereocenters. The molecule has 0 aliphatic carbocycles. The molecule has 6 nitrogen and oxygen atoms in total. The lowest BCUT2D eigenvalue weighted by atomic mass is 10.1. The van der Waals surface area contributed by atoms with E-state index < -0.39 is 12.6 Å². The third-order valence-corrected chi connectivity index (χ3v) is 5.11. The van der Waals surface area contributed by atoms with E-state index in [1.165, 1.54) is 0 Å². The molecule has 152 valence electrons. The molecule has 29 heavy (non-hydrogen) atoms. The second kappa shape index (κ2) is 9.15. The number of halogens is 1. The zero-order valence-corrected chi connectivity index (χ0v) is 16.0. The minimum Gasteiger partial charge on any atom is -0.381 e. The van der Waals surface area contributed by atoms with E-state index in [2.05, 4.69) is 16.5 Å². The number of rotatable bonds is 8. The second-order valence-corrected chi connectivity index (χ2v) is 7.18. The van der Waals surface area contributed by atoms with Crippen molar-refractivity contribution in [3.8, 4) is 0 Å². The van der Waals surface area contributed by atoms with Gasteiger partial charge in [-0.25, -0.2) is 4.39 Å². The van der Waals surface area contributed by atoms with Crippen molar-refractivity contribution in [1.82, 2.24) is 10.5 Å². The van der Waals surface area contributed by atoms with Crippen molar-refractivity contribution in [2.45, 2.75) is 26.3 Å². The van der Waals surface area contributed by atoms with E-state index in [0.29, 0.717) is 26.4 Å². The zero-order valence-electron chi connectivity index (χ0n) is 16.0. The van der Waals surface area contributed by atoms with Crippen LogP contribution in [0.1, 0.15) is 33.8 Å². The average molecular weight is 398 g/mol. The Kier molecular flexibility index (Phi) is 6.17. The van der Waals surface area contributed by atoms with Crippen LogP contribution in [-0.2, 0) is 29.4 Å². The molecule has 2 aromatic carbocycles. The highest BCUT2D eigenvalue weighted by atomic mass is 19.1. The first kappa shape index (κ1) is 19.5. The molecule has 0 bridgehead atoms. The van der Waals surface area contributed by atoms with Gasteiger partial charge in [-0.2, -0.15) is 0 Å². The third kappa shape index (κ3) is 4.63. The Morgan fingerprint density at radius 3 is 2.86 bits per heavy atom. The highest BCUT2D eigenvalue weighted by molar-refractivity contribution is 5.93. The molecule has 0 spiro atoms. The number of benzene rings is 2. The molecular formula is C22H23FN2O4. The largest absolute Gasteiger partial charge is 0.381 e. The van der Waals surface area contributed by atoms with Crippen LogP contribution in [0.25, 0.3) is 10.8 Å².